The summed E-state index contributed by atoms with van der Waals surface area (Å²) in [7, 11) is 0. The highest BCUT2D eigenvalue weighted by Gasteiger charge is 2.08. The van der Waals surface area contributed by atoms with Crippen LogP contribution in [0.4, 0.5) is 4.39 Å². The van der Waals surface area contributed by atoms with Crippen LogP contribution in [0.3, 0.4) is 0 Å². The molecule has 0 saturated heterocycles. The molecule has 2 aromatic rings. The Morgan fingerprint density at radius 1 is 1.15 bits per heavy atom. The molecule has 0 spiro atoms. The predicted molar refractivity (Wildman–Crippen MR) is 78.9 cm³/mol. The highest BCUT2D eigenvalue weighted by Crippen LogP contribution is 2.19. The molecule has 1 aromatic carbocycles. The summed E-state index contributed by atoms with van der Waals surface area (Å²) in [6.07, 6.45) is 0. The molecule has 0 aliphatic rings. The molecule has 0 amide bonds. The smallest absolute Gasteiger partial charge is 0.159 e. The van der Waals surface area contributed by atoms with Crippen molar-refractivity contribution in [2.45, 2.75) is 40.3 Å². The third-order valence-electron chi connectivity index (χ3n) is 3.03. The fourth-order valence-electron chi connectivity index (χ4n) is 1.89. The number of benzene rings is 1. The minimum absolute atomic E-state index is 0.227. The molecule has 1 N–H and O–H groups in total. The molecule has 3 nitrogen and oxygen atoms in total. The summed E-state index contributed by atoms with van der Waals surface area (Å²) >= 11 is 0. The second-order valence-electron chi connectivity index (χ2n) is 5.32. The lowest BCUT2D eigenvalue weighted by molar-refractivity contribution is 0.580. The molecule has 106 valence electrons. The number of aryl methyl sites for hydroxylation is 2. The Kier molecular flexibility index (Phi) is 4.45. The number of hydrogen-bond donors (Lipinski definition) is 1. The summed E-state index contributed by atoms with van der Waals surface area (Å²) in [6, 6.07) is 7.44. The topological polar surface area (TPSA) is 37.8 Å². The number of halogens is 1. The van der Waals surface area contributed by atoms with Gasteiger partial charge in [-0.15, -0.1) is 0 Å². The minimum Gasteiger partial charge on any atom is -0.309 e. The van der Waals surface area contributed by atoms with Crippen molar-refractivity contribution in [3.05, 3.63) is 47.0 Å². The van der Waals surface area contributed by atoms with Crippen LogP contribution in [0.1, 0.15) is 30.8 Å². The summed E-state index contributed by atoms with van der Waals surface area (Å²) in [5, 5.41) is 3.32. The van der Waals surface area contributed by atoms with Crippen molar-refractivity contribution in [2.75, 3.05) is 0 Å². The molecule has 2 rings (SSSR count). The Balaban J connectivity index is 2.33. The zero-order valence-electron chi connectivity index (χ0n) is 12.4. The Labute approximate surface area is 119 Å². The van der Waals surface area contributed by atoms with Crippen molar-refractivity contribution in [3.63, 3.8) is 0 Å². The van der Waals surface area contributed by atoms with Gasteiger partial charge in [-0.3, -0.25) is 0 Å². The van der Waals surface area contributed by atoms with Crippen LogP contribution in [0.15, 0.2) is 24.3 Å². The van der Waals surface area contributed by atoms with E-state index in [-0.39, 0.29) is 5.82 Å². The van der Waals surface area contributed by atoms with Crippen molar-refractivity contribution < 1.29 is 4.39 Å². The molecule has 0 saturated carbocycles. The standard InChI is InChI=1S/C16H20FN3/c1-10(2)18-9-14-7-12(4)19-16(20-14)13-6-5-11(3)15(17)8-13/h5-8,10,18H,9H2,1-4H3. The second kappa shape index (κ2) is 6.09. The van der Waals surface area contributed by atoms with Crippen LogP contribution in [0.25, 0.3) is 11.4 Å². The fraction of sp³-hybridized carbons (Fsp3) is 0.375. The van der Waals surface area contributed by atoms with Crippen LogP contribution in [-0.2, 0) is 6.54 Å². The van der Waals surface area contributed by atoms with Crippen LogP contribution in [0, 0.1) is 19.7 Å². The average Bonchev–Trinajstić information content (AvgIpc) is 2.39. The van der Waals surface area contributed by atoms with E-state index in [0.717, 1.165) is 11.4 Å². The van der Waals surface area contributed by atoms with Crippen LogP contribution >= 0.6 is 0 Å². The van der Waals surface area contributed by atoms with Crippen molar-refractivity contribution in [1.29, 1.82) is 0 Å². The SMILES string of the molecule is Cc1cc(CNC(C)C)nc(-c2ccc(C)c(F)c2)n1. The molecule has 0 radical (unpaired) electrons. The Morgan fingerprint density at radius 2 is 1.90 bits per heavy atom. The summed E-state index contributed by atoms with van der Waals surface area (Å²) in [6.45, 7) is 8.53. The predicted octanol–water partition coefficient (Wildman–Crippen LogP) is 3.40. The lowest BCUT2D eigenvalue weighted by atomic mass is 10.1. The van der Waals surface area contributed by atoms with E-state index in [2.05, 4.69) is 29.1 Å². The molecule has 1 aromatic heterocycles. The summed E-state index contributed by atoms with van der Waals surface area (Å²) in [5.74, 6) is 0.346. The molecular weight excluding hydrogens is 253 g/mol. The highest BCUT2D eigenvalue weighted by atomic mass is 19.1. The van der Waals surface area contributed by atoms with Gasteiger partial charge >= 0.3 is 0 Å². The van der Waals surface area contributed by atoms with Gasteiger partial charge in [-0.05, 0) is 31.5 Å². The number of nitrogens with one attached hydrogen (secondary N) is 1. The largest absolute Gasteiger partial charge is 0.309 e. The van der Waals surface area contributed by atoms with Crippen molar-refractivity contribution >= 4 is 0 Å². The van der Waals surface area contributed by atoms with E-state index in [1.54, 1.807) is 13.0 Å². The molecule has 20 heavy (non-hydrogen) atoms. The minimum atomic E-state index is -0.227. The lowest BCUT2D eigenvalue weighted by Gasteiger charge is -2.10. The van der Waals surface area contributed by atoms with Crippen molar-refractivity contribution in [2.24, 2.45) is 0 Å². The maximum Gasteiger partial charge on any atom is 0.159 e. The number of aromatic nitrogens is 2. The Bertz CT molecular complexity index is 609. The molecule has 0 aliphatic carbocycles. The summed E-state index contributed by atoms with van der Waals surface area (Å²) < 4.78 is 13.7. The van der Waals surface area contributed by atoms with Crippen LogP contribution in [-0.4, -0.2) is 16.0 Å². The van der Waals surface area contributed by atoms with E-state index in [1.165, 1.54) is 6.07 Å². The first-order chi connectivity index (χ1) is 9.45. The lowest BCUT2D eigenvalue weighted by Crippen LogP contribution is -2.22. The monoisotopic (exact) mass is 273 g/mol. The third kappa shape index (κ3) is 3.61. The second-order valence-corrected chi connectivity index (χ2v) is 5.32. The first kappa shape index (κ1) is 14.6. The molecule has 0 aliphatic heterocycles. The number of nitrogens with zero attached hydrogens (tertiary/aromatic N) is 2. The van der Waals surface area contributed by atoms with Gasteiger partial charge in [-0.1, -0.05) is 26.0 Å². The van der Waals surface area contributed by atoms with Gasteiger partial charge < -0.3 is 5.32 Å². The zero-order chi connectivity index (χ0) is 14.7. The van der Waals surface area contributed by atoms with Crippen molar-refractivity contribution in [3.8, 4) is 11.4 Å². The molecule has 0 fully saturated rings. The molecule has 1 heterocycles. The van der Waals surface area contributed by atoms with Gasteiger partial charge in [0.15, 0.2) is 5.82 Å². The van der Waals surface area contributed by atoms with Gasteiger partial charge in [-0.2, -0.15) is 0 Å². The van der Waals surface area contributed by atoms with Gasteiger partial charge in [0.25, 0.3) is 0 Å². The Morgan fingerprint density at radius 3 is 2.55 bits per heavy atom. The normalized spacial score (nSPS) is 11.1. The first-order valence-corrected chi connectivity index (χ1v) is 6.80. The van der Waals surface area contributed by atoms with Crippen LogP contribution < -0.4 is 5.32 Å². The van der Waals surface area contributed by atoms with Gasteiger partial charge in [0, 0.05) is 23.8 Å². The maximum absolute atomic E-state index is 13.7. The van der Waals surface area contributed by atoms with Gasteiger partial charge in [0.2, 0.25) is 0 Å². The van der Waals surface area contributed by atoms with Crippen molar-refractivity contribution in [1.82, 2.24) is 15.3 Å². The number of hydrogen-bond acceptors (Lipinski definition) is 3. The van der Waals surface area contributed by atoms with E-state index < -0.39 is 0 Å². The fourth-order valence-corrected chi connectivity index (χ4v) is 1.89. The summed E-state index contributed by atoms with van der Waals surface area (Å²) in [5.41, 5.74) is 3.14. The zero-order valence-corrected chi connectivity index (χ0v) is 12.4. The molecule has 0 unspecified atom stereocenters. The first-order valence-electron chi connectivity index (χ1n) is 6.80. The van der Waals surface area contributed by atoms with E-state index >= 15 is 0 Å². The quantitative estimate of drug-likeness (QED) is 0.927. The molecule has 0 bridgehead atoms. The molecular formula is C16H20FN3. The van der Waals surface area contributed by atoms with E-state index in [1.807, 2.05) is 19.1 Å². The van der Waals surface area contributed by atoms with E-state index in [4.69, 9.17) is 0 Å². The van der Waals surface area contributed by atoms with Gasteiger partial charge in [0.05, 0.1) is 5.69 Å². The van der Waals surface area contributed by atoms with Crippen LogP contribution in [0.5, 0.6) is 0 Å². The van der Waals surface area contributed by atoms with Crippen LogP contribution in [0.2, 0.25) is 0 Å². The maximum atomic E-state index is 13.7. The third-order valence-corrected chi connectivity index (χ3v) is 3.03. The average molecular weight is 273 g/mol. The van der Waals surface area contributed by atoms with Gasteiger partial charge in [0.1, 0.15) is 5.82 Å². The molecule has 4 heteroatoms. The molecule has 0 atom stereocenters. The van der Waals surface area contributed by atoms with Gasteiger partial charge in [-0.25, -0.2) is 14.4 Å². The van der Waals surface area contributed by atoms with E-state index in [0.29, 0.717) is 29.5 Å². The summed E-state index contributed by atoms with van der Waals surface area (Å²) in [4.78, 5) is 8.90. The highest BCUT2D eigenvalue weighted by molar-refractivity contribution is 5.56. The van der Waals surface area contributed by atoms with E-state index in [9.17, 15) is 4.39 Å². The Hall–Kier alpha value is -1.81. The number of rotatable bonds is 4.